The van der Waals surface area contributed by atoms with Crippen LogP contribution in [0.3, 0.4) is 0 Å². The Labute approximate surface area is 289 Å². The van der Waals surface area contributed by atoms with Gasteiger partial charge in [0.15, 0.2) is 6.10 Å². The summed E-state index contributed by atoms with van der Waals surface area (Å²) in [6, 6.07) is 18.4. The molecule has 262 valence electrons. The normalized spacial score (nSPS) is 11.7. The highest BCUT2D eigenvalue weighted by atomic mass is 16.6. The Bertz CT molecular complexity index is 1340. The molecule has 0 aliphatic rings. The lowest BCUT2D eigenvalue weighted by atomic mass is 10.1. The minimum atomic E-state index is -0.613. The van der Waals surface area contributed by atoms with Gasteiger partial charge >= 0.3 is 11.9 Å². The maximum absolute atomic E-state index is 13.0. The molecule has 1 unspecified atom stereocenters. The third-order valence-electron chi connectivity index (χ3n) is 8.61. The highest BCUT2D eigenvalue weighted by Crippen LogP contribution is 2.28. The fraction of sp³-hybridized carbons (Fsp3) is 0.524. The van der Waals surface area contributed by atoms with Crippen molar-refractivity contribution in [1.29, 1.82) is 0 Å². The molecule has 3 aromatic carbocycles. The molecular formula is C42H58O6. The number of carbonyl (C=O) groups is 2. The number of ether oxygens (including phenoxy) is 4. The van der Waals surface area contributed by atoms with Crippen molar-refractivity contribution in [2.24, 2.45) is 0 Å². The van der Waals surface area contributed by atoms with Gasteiger partial charge in [-0.15, -0.1) is 0 Å². The second kappa shape index (κ2) is 22.1. The van der Waals surface area contributed by atoms with Gasteiger partial charge in [-0.1, -0.05) is 115 Å². The fourth-order valence-corrected chi connectivity index (χ4v) is 5.71. The molecule has 0 saturated heterocycles. The van der Waals surface area contributed by atoms with Crippen LogP contribution in [0, 0.1) is 13.8 Å². The molecule has 0 aliphatic carbocycles. The Morgan fingerprint density at radius 2 is 1.02 bits per heavy atom. The standard InChI is InChI=1S/C42H58O6/c1-6-8-10-12-14-15-17-18-28-45-34(5)41(43)47-38-24-20-35(21-25-38)36-22-26-39(27-23-36)48-42(44)37-30-32(3)40(33(4)31-37)46-29-19-16-13-11-9-7-2/h20-27,30-31,34H,6-19,28-29H2,1-5H3. The summed E-state index contributed by atoms with van der Waals surface area (Å²) < 4.78 is 23.0. The van der Waals surface area contributed by atoms with Gasteiger partial charge in [-0.3, -0.25) is 0 Å². The Morgan fingerprint density at radius 1 is 0.583 bits per heavy atom. The first-order chi connectivity index (χ1) is 23.3. The van der Waals surface area contributed by atoms with Gasteiger partial charge < -0.3 is 18.9 Å². The van der Waals surface area contributed by atoms with Gasteiger partial charge in [0.2, 0.25) is 0 Å². The average Bonchev–Trinajstić information content (AvgIpc) is 3.08. The Kier molecular flexibility index (Phi) is 17.9. The predicted octanol–water partition coefficient (Wildman–Crippen LogP) is 11.4. The second-order valence-corrected chi connectivity index (χ2v) is 12.9. The molecule has 0 aliphatic heterocycles. The van der Waals surface area contributed by atoms with Crippen LogP contribution < -0.4 is 14.2 Å². The quantitative estimate of drug-likeness (QED) is 0.0573. The first-order valence-corrected chi connectivity index (χ1v) is 18.3. The number of benzene rings is 3. The topological polar surface area (TPSA) is 71.1 Å². The van der Waals surface area contributed by atoms with Crippen molar-refractivity contribution >= 4 is 11.9 Å². The van der Waals surface area contributed by atoms with E-state index in [9.17, 15) is 9.59 Å². The molecule has 0 fully saturated rings. The van der Waals surface area contributed by atoms with Crippen molar-refractivity contribution in [1.82, 2.24) is 0 Å². The molecule has 0 amide bonds. The summed E-state index contributed by atoms with van der Waals surface area (Å²) in [5.74, 6) is 0.991. The highest BCUT2D eigenvalue weighted by Gasteiger charge is 2.17. The maximum atomic E-state index is 13.0. The molecule has 6 nitrogen and oxygen atoms in total. The van der Waals surface area contributed by atoms with Crippen molar-refractivity contribution < 1.29 is 28.5 Å². The van der Waals surface area contributed by atoms with E-state index in [0.717, 1.165) is 47.3 Å². The lowest BCUT2D eigenvalue weighted by Crippen LogP contribution is -2.26. The van der Waals surface area contributed by atoms with Gasteiger partial charge in [0.1, 0.15) is 17.2 Å². The summed E-state index contributed by atoms with van der Waals surface area (Å²) in [6.07, 6.45) is 16.5. The molecule has 0 spiro atoms. The van der Waals surface area contributed by atoms with Crippen LogP contribution in [0.4, 0.5) is 0 Å². The minimum Gasteiger partial charge on any atom is -0.493 e. The molecule has 1 atom stereocenters. The van der Waals surface area contributed by atoms with Crippen molar-refractivity contribution in [3.8, 4) is 28.4 Å². The molecule has 0 radical (unpaired) electrons. The molecule has 3 rings (SSSR count). The van der Waals surface area contributed by atoms with Gasteiger partial charge in [0, 0.05) is 6.61 Å². The Balaban J connectivity index is 1.42. The zero-order chi connectivity index (χ0) is 34.6. The van der Waals surface area contributed by atoms with E-state index in [1.807, 2.05) is 50.2 Å². The molecule has 0 bridgehead atoms. The van der Waals surface area contributed by atoms with Gasteiger partial charge in [-0.25, -0.2) is 9.59 Å². The van der Waals surface area contributed by atoms with Crippen LogP contribution in [0.1, 0.15) is 132 Å². The summed E-state index contributed by atoms with van der Waals surface area (Å²) in [5.41, 5.74) is 4.26. The largest absolute Gasteiger partial charge is 0.493 e. The van der Waals surface area contributed by atoms with Gasteiger partial charge in [-0.05, 0) is 92.3 Å². The zero-order valence-electron chi connectivity index (χ0n) is 30.1. The third kappa shape index (κ3) is 13.8. The van der Waals surface area contributed by atoms with Crippen molar-refractivity contribution in [2.45, 2.75) is 131 Å². The van der Waals surface area contributed by atoms with E-state index in [2.05, 4.69) is 13.8 Å². The van der Waals surface area contributed by atoms with Crippen molar-refractivity contribution in [2.75, 3.05) is 13.2 Å². The smallest absolute Gasteiger partial charge is 0.343 e. The summed E-state index contributed by atoms with van der Waals surface area (Å²) in [4.78, 5) is 25.5. The Morgan fingerprint density at radius 3 is 1.52 bits per heavy atom. The van der Waals surface area contributed by atoms with Crippen LogP contribution in [-0.4, -0.2) is 31.3 Å². The third-order valence-corrected chi connectivity index (χ3v) is 8.61. The first-order valence-electron chi connectivity index (χ1n) is 18.3. The molecular weight excluding hydrogens is 600 g/mol. The molecule has 0 aromatic heterocycles. The maximum Gasteiger partial charge on any atom is 0.343 e. The van der Waals surface area contributed by atoms with Gasteiger partial charge in [0.05, 0.1) is 12.2 Å². The van der Waals surface area contributed by atoms with E-state index in [1.54, 1.807) is 31.2 Å². The molecule has 0 N–H and O–H groups in total. The average molecular weight is 659 g/mol. The summed E-state index contributed by atoms with van der Waals surface area (Å²) in [7, 11) is 0. The van der Waals surface area contributed by atoms with Crippen LogP contribution in [-0.2, 0) is 9.53 Å². The number of carbonyl (C=O) groups excluding carboxylic acids is 2. The molecule has 6 heteroatoms. The lowest BCUT2D eigenvalue weighted by Gasteiger charge is -2.14. The summed E-state index contributed by atoms with van der Waals surface area (Å²) >= 11 is 0. The minimum absolute atomic E-state index is 0.394. The molecule has 0 saturated carbocycles. The van der Waals surface area contributed by atoms with Crippen LogP contribution in [0.5, 0.6) is 17.2 Å². The van der Waals surface area contributed by atoms with E-state index in [1.165, 1.54) is 70.6 Å². The van der Waals surface area contributed by atoms with Gasteiger partial charge in [-0.2, -0.15) is 0 Å². The molecule has 3 aromatic rings. The predicted molar refractivity (Wildman–Crippen MR) is 195 cm³/mol. The lowest BCUT2D eigenvalue weighted by molar-refractivity contribution is -0.146. The van der Waals surface area contributed by atoms with Gasteiger partial charge in [0.25, 0.3) is 0 Å². The van der Waals surface area contributed by atoms with E-state index < -0.39 is 18.0 Å². The number of aryl methyl sites for hydroxylation is 2. The second-order valence-electron chi connectivity index (χ2n) is 12.9. The fourth-order valence-electron chi connectivity index (χ4n) is 5.71. The number of unbranched alkanes of at least 4 members (excludes halogenated alkanes) is 12. The number of hydrogen-bond donors (Lipinski definition) is 0. The van der Waals surface area contributed by atoms with Crippen LogP contribution >= 0.6 is 0 Å². The van der Waals surface area contributed by atoms with E-state index in [-0.39, 0.29) is 0 Å². The van der Waals surface area contributed by atoms with Crippen LogP contribution in [0.15, 0.2) is 60.7 Å². The van der Waals surface area contributed by atoms with Crippen LogP contribution in [0.2, 0.25) is 0 Å². The summed E-state index contributed by atoms with van der Waals surface area (Å²) in [5, 5.41) is 0. The van der Waals surface area contributed by atoms with E-state index >= 15 is 0 Å². The van der Waals surface area contributed by atoms with E-state index in [4.69, 9.17) is 18.9 Å². The number of hydrogen-bond acceptors (Lipinski definition) is 6. The Hall–Kier alpha value is -3.64. The molecule has 48 heavy (non-hydrogen) atoms. The SMILES string of the molecule is CCCCCCCCCCOC(C)C(=O)Oc1ccc(-c2ccc(OC(=O)c3cc(C)c(OCCCCCCCC)c(C)c3)cc2)cc1. The van der Waals surface area contributed by atoms with Crippen molar-refractivity contribution in [3.05, 3.63) is 77.4 Å². The first kappa shape index (κ1) is 38.8. The van der Waals surface area contributed by atoms with Crippen LogP contribution in [0.25, 0.3) is 11.1 Å². The number of esters is 2. The highest BCUT2D eigenvalue weighted by molar-refractivity contribution is 5.92. The van der Waals surface area contributed by atoms with Crippen molar-refractivity contribution in [3.63, 3.8) is 0 Å². The summed E-state index contributed by atoms with van der Waals surface area (Å²) in [6.45, 7) is 11.4. The van der Waals surface area contributed by atoms with E-state index in [0.29, 0.717) is 30.3 Å². The zero-order valence-corrected chi connectivity index (χ0v) is 30.1. The number of rotatable bonds is 23. The monoisotopic (exact) mass is 658 g/mol. The molecule has 0 heterocycles.